The van der Waals surface area contributed by atoms with Crippen molar-refractivity contribution in [3.05, 3.63) is 34.9 Å². The van der Waals surface area contributed by atoms with Crippen LogP contribution in [0.3, 0.4) is 0 Å². The maximum Gasteiger partial charge on any atom is 0.507 e. The predicted octanol–water partition coefficient (Wildman–Crippen LogP) is 0.988. The Bertz CT molecular complexity index is 709. The summed E-state index contributed by atoms with van der Waals surface area (Å²) in [6.45, 7) is 7.99. The zero-order valence-corrected chi connectivity index (χ0v) is 13.2. The monoisotopic (exact) mass is 305 g/mol. The van der Waals surface area contributed by atoms with Crippen molar-refractivity contribution in [1.29, 1.82) is 0 Å². The third kappa shape index (κ3) is 2.43. The molecule has 0 unspecified atom stereocenters. The molecule has 0 spiro atoms. The first-order valence-corrected chi connectivity index (χ1v) is 7.48. The number of hydrogen-bond donors (Lipinski definition) is 0. The molecule has 0 aromatic carbocycles. The third-order valence-corrected chi connectivity index (χ3v) is 4.89. The molecule has 6 nitrogen and oxygen atoms in total. The quantitative estimate of drug-likeness (QED) is 0.774. The van der Waals surface area contributed by atoms with Crippen LogP contribution in [0.15, 0.2) is 29.3 Å². The molecule has 0 bridgehead atoms. The van der Waals surface area contributed by atoms with E-state index < -0.39 is 18.3 Å². The van der Waals surface area contributed by atoms with Gasteiger partial charge in [0.15, 0.2) is 0 Å². The fraction of sp³-hybridized carbons (Fsp3) is 0.462. The van der Waals surface area contributed by atoms with E-state index in [0.29, 0.717) is 5.13 Å². The van der Waals surface area contributed by atoms with Gasteiger partial charge in [0.25, 0.3) is 5.56 Å². The molecule has 1 aliphatic heterocycles. The second kappa shape index (κ2) is 4.76. The summed E-state index contributed by atoms with van der Waals surface area (Å²) in [7, 11) is -0.472. The van der Waals surface area contributed by atoms with E-state index in [1.165, 1.54) is 22.1 Å². The van der Waals surface area contributed by atoms with Crippen molar-refractivity contribution in [3.63, 3.8) is 0 Å². The van der Waals surface area contributed by atoms with Gasteiger partial charge in [-0.3, -0.25) is 4.79 Å². The molecule has 1 fully saturated rings. The maximum atomic E-state index is 11.8. The van der Waals surface area contributed by atoms with Gasteiger partial charge in [-0.05, 0) is 33.8 Å². The van der Waals surface area contributed by atoms with Gasteiger partial charge in [0.05, 0.1) is 16.0 Å². The van der Waals surface area contributed by atoms with Crippen LogP contribution in [0.25, 0.3) is 5.13 Å². The summed E-state index contributed by atoms with van der Waals surface area (Å²) < 4.78 is 14.0. The first kappa shape index (κ1) is 14.4. The number of thiazole rings is 1. The van der Waals surface area contributed by atoms with Crippen molar-refractivity contribution in [1.82, 2.24) is 14.8 Å². The fourth-order valence-electron chi connectivity index (χ4n) is 1.94. The van der Waals surface area contributed by atoms with E-state index in [9.17, 15) is 4.79 Å². The van der Waals surface area contributed by atoms with Gasteiger partial charge >= 0.3 is 7.12 Å². The largest absolute Gasteiger partial charge is 0.507 e. The van der Waals surface area contributed by atoms with E-state index >= 15 is 0 Å². The molecule has 1 aliphatic rings. The zero-order valence-electron chi connectivity index (χ0n) is 12.4. The first-order chi connectivity index (χ1) is 9.80. The predicted molar refractivity (Wildman–Crippen MR) is 81.2 cm³/mol. The molecule has 3 rings (SSSR count). The van der Waals surface area contributed by atoms with Gasteiger partial charge in [-0.25, -0.2) is 4.98 Å². The smallest absolute Gasteiger partial charge is 0.399 e. The lowest BCUT2D eigenvalue weighted by Crippen LogP contribution is -2.41. The first-order valence-electron chi connectivity index (χ1n) is 6.66. The fourth-order valence-corrected chi connectivity index (χ4v) is 2.78. The van der Waals surface area contributed by atoms with Crippen molar-refractivity contribution in [2.45, 2.75) is 38.9 Å². The summed E-state index contributed by atoms with van der Waals surface area (Å²) in [5, 5.41) is 4.52. The van der Waals surface area contributed by atoms with Crippen molar-refractivity contribution < 1.29 is 9.31 Å². The topological polar surface area (TPSA) is 66.2 Å². The SMILES string of the molecule is CC1(C)OB(c2cnc(-n3ncccc3=O)s2)OC1(C)C. The summed E-state index contributed by atoms with van der Waals surface area (Å²) in [5.41, 5.74) is -1.01. The Morgan fingerprint density at radius 2 is 1.90 bits per heavy atom. The van der Waals surface area contributed by atoms with E-state index in [1.807, 2.05) is 27.7 Å². The van der Waals surface area contributed by atoms with Gasteiger partial charge in [-0.15, -0.1) is 11.3 Å². The molecular weight excluding hydrogens is 289 g/mol. The summed E-state index contributed by atoms with van der Waals surface area (Å²) in [6.07, 6.45) is 3.22. The highest BCUT2D eigenvalue weighted by molar-refractivity contribution is 7.24. The Morgan fingerprint density at radius 1 is 1.24 bits per heavy atom. The molecule has 2 aromatic rings. The number of rotatable bonds is 2. The van der Waals surface area contributed by atoms with Crippen molar-refractivity contribution >= 4 is 23.2 Å². The van der Waals surface area contributed by atoms with Gasteiger partial charge in [0, 0.05) is 18.5 Å². The Labute approximate surface area is 126 Å². The Balaban J connectivity index is 1.91. The molecule has 0 amide bonds. The van der Waals surface area contributed by atoms with Crippen LogP contribution in [0.5, 0.6) is 0 Å². The van der Waals surface area contributed by atoms with E-state index in [0.717, 1.165) is 4.78 Å². The minimum Gasteiger partial charge on any atom is -0.399 e. The minimum atomic E-state index is -0.472. The van der Waals surface area contributed by atoms with Gasteiger partial charge in [0.1, 0.15) is 0 Å². The lowest BCUT2D eigenvalue weighted by Gasteiger charge is -2.32. The normalized spacial score (nSPS) is 19.9. The van der Waals surface area contributed by atoms with Gasteiger partial charge in [-0.2, -0.15) is 9.78 Å². The molecule has 110 valence electrons. The molecule has 0 saturated carbocycles. The van der Waals surface area contributed by atoms with Gasteiger partial charge < -0.3 is 9.31 Å². The van der Waals surface area contributed by atoms with Crippen LogP contribution in [-0.2, 0) is 9.31 Å². The Hall–Kier alpha value is -1.51. The minimum absolute atomic E-state index is 0.215. The Morgan fingerprint density at radius 3 is 2.52 bits per heavy atom. The molecule has 0 atom stereocenters. The lowest BCUT2D eigenvalue weighted by atomic mass is 9.89. The second-order valence-electron chi connectivity index (χ2n) is 5.91. The lowest BCUT2D eigenvalue weighted by molar-refractivity contribution is 0.00578. The molecular formula is C13H16BN3O3S. The molecule has 1 saturated heterocycles. The van der Waals surface area contributed by atoms with Crippen molar-refractivity contribution in [3.8, 4) is 5.13 Å². The number of hydrogen-bond acceptors (Lipinski definition) is 6. The van der Waals surface area contributed by atoms with Gasteiger partial charge in [-0.1, -0.05) is 0 Å². The maximum absolute atomic E-state index is 11.8. The summed E-state index contributed by atoms with van der Waals surface area (Å²) in [6, 6.07) is 3.05. The van der Waals surface area contributed by atoms with E-state index in [-0.39, 0.29) is 5.56 Å². The third-order valence-electron chi connectivity index (χ3n) is 3.89. The number of nitrogens with zero attached hydrogens (tertiary/aromatic N) is 3. The van der Waals surface area contributed by atoms with E-state index in [4.69, 9.17) is 9.31 Å². The van der Waals surface area contributed by atoms with Gasteiger partial charge in [0.2, 0.25) is 5.13 Å². The summed E-state index contributed by atoms with van der Waals surface area (Å²) in [5.74, 6) is 0. The van der Waals surface area contributed by atoms with Crippen molar-refractivity contribution in [2.24, 2.45) is 0 Å². The summed E-state index contributed by atoms with van der Waals surface area (Å²) >= 11 is 1.34. The average Bonchev–Trinajstić information content (AvgIpc) is 2.94. The highest BCUT2D eigenvalue weighted by Crippen LogP contribution is 2.36. The van der Waals surface area contributed by atoms with E-state index in [1.54, 1.807) is 18.5 Å². The molecule has 8 heteroatoms. The van der Waals surface area contributed by atoms with Crippen molar-refractivity contribution in [2.75, 3.05) is 0 Å². The molecule has 0 radical (unpaired) electrons. The Kier molecular flexibility index (Phi) is 3.27. The van der Waals surface area contributed by atoms with Crippen LogP contribution in [0, 0.1) is 0 Å². The summed E-state index contributed by atoms with van der Waals surface area (Å²) in [4.78, 5) is 16.0. The van der Waals surface area contributed by atoms with Crippen LogP contribution in [0.2, 0.25) is 0 Å². The number of aromatic nitrogens is 3. The molecule has 0 aliphatic carbocycles. The standard InChI is InChI=1S/C13H16BN3O3S/c1-12(2)13(3,4)20-14(19-12)9-8-15-11(21-9)17-10(18)6-5-7-16-17/h5-8H,1-4H3. The van der Waals surface area contributed by atoms with Crippen LogP contribution in [-0.4, -0.2) is 33.1 Å². The van der Waals surface area contributed by atoms with Crippen LogP contribution >= 0.6 is 11.3 Å². The molecule has 0 N–H and O–H groups in total. The molecule has 21 heavy (non-hydrogen) atoms. The van der Waals surface area contributed by atoms with Crippen LogP contribution in [0.4, 0.5) is 0 Å². The van der Waals surface area contributed by atoms with Crippen LogP contribution < -0.4 is 10.3 Å². The second-order valence-corrected chi connectivity index (χ2v) is 6.95. The van der Waals surface area contributed by atoms with E-state index in [2.05, 4.69) is 10.1 Å². The molecule has 3 heterocycles. The molecule has 2 aromatic heterocycles. The van der Waals surface area contributed by atoms with Crippen LogP contribution in [0.1, 0.15) is 27.7 Å². The highest BCUT2D eigenvalue weighted by Gasteiger charge is 2.52. The average molecular weight is 305 g/mol. The zero-order chi connectivity index (χ0) is 15.3. The highest BCUT2D eigenvalue weighted by atomic mass is 32.1.